The molecule has 0 heterocycles. The molecule has 0 unspecified atom stereocenters. The second-order valence-corrected chi connectivity index (χ2v) is 6.13. The van der Waals surface area contributed by atoms with Gasteiger partial charge >= 0.3 is 0 Å². The first-order valence-corrected chi connectivity index (χ1v) is 6.40. The Labute approximate surface area is 103 Å². The zero-order valence-corrected chi connectivity index (χ0v) is 10.9. The summed E-state index contributed by atoms with van der Waals surface area (Å²) in [7, 11) is 0. The number of hydrogen-bond donors (Lipinski definition) is 2. The highest BCUT2D eigenvalue weighted by Crippen LogP contribution is 2.49. The first-order chi connectivity index (χ1) is 7.74. The van der Waals surface area contributed by atoms with Gasteiger partial charge in [0.15, 0.2) is 5.78 Å². The molecule has 2 N–H and O–H groups in total. The average Bonchev–Trinajstić information content (AvgIpc) is 2.39. The molecule has 0 amide bonds. The molecule has 3 nitrogen and oxygen atoms in total. The van der Waals surface area contributed by atoms with Crippen LogP contribution in [0.3, 0.4) is 0 Å². The van der Waals surface area contributed by atoms with E-state index < -0.39 is 11.2 Å². The van der Waals surface area contributed by atoms with Crippen LogP contribution < -0.4 is 0 Å². The molecule has 1 fully saturated rings. The predicted octanol–water partition coefficient (Wildman–Crippen LogP) is 1.82. The minimum Gasteiger partial charge on any atom is -0.390 e. The van der Waals surface area contributed by atoms with Crippen molar-refractivity contribution < 1.29 is 15.0 Å². The van der Waals surface area contributed by atoms with Gasteiger partial charge in [-0.05, 0) is 57.9 Å². The highest BCUT2D eigenvalue weighted by molar-refractivity contribution is 5.93. The SMILES string of the molecule is CC(=O)C1=C[C@H]2[C@@H](CC[C@@]2(C)O)[C@](C)(O)CC1. The molecule has 2 rings (SSSR count). The third kappa shape index (κ3) is 2.18. The summed E-state index contributed by atoms with van der Waals surface area (Å²) in [5.74, 6) is 0.0254. The summed E-state index contributed by atoms with van der Waals surface area (Å²) in [5, 5.41) is 20.9. The van der Waals surface area contributed by atoms with Gasteiger partial charge in [-0.15, -0.1) is 0 Å². The molecule has 0 aromatic rings. The van der Waals surface area contributed by atoms with Crippen molar-refractivity contribution in [1.82, 2.24) is 0 Å². The minimum absolute atomic E-state index is 0.0594. The van der Waals surface area contributed by atoms with Gasteiger partial charge in [-0.3, -0.25) is 4.79 Å². The van der Waals surface area contributed by atoms with Crippen LogP contribution in [0.2, 0.25) is 0 Å². The van der Waals surface area contributed by atoms with E-state index in [0.29, 0.717) is 19.3 Å². The van der Waals surface area contributed by atoms with E-state index in [1.807, 2.05) is 19.9 Å². The molecule has 2 aliphatic rings. The number of Topliss-reactive ketones (excluding diaryl/α,β-unsaturated/α-hetero) is 1. The van der Waals surface area contributed by atoms with Crippen LogP contribution in [-0.4, -0.2) is 27.2 Å². The van der Waals surface area contributed by atoms with Crippen LogP contribution in [0.1, 0.15) is 46.5 Å². The van der Waals surface area contributed by atoms with Crippen LogP contribution in [0.5, 0.6) is 0 Å². The maximum atomic E-state index is 11.5. The van der Waals surface area contributed by atoms with Crippen LogP contribution >= 0.6 is 0 Å². The summed E-state index contributed by atoms with van der Waals surface area (Å²) in [5.41, 5.74) is -0.807. The van der Waals surface area contributed by atoms with E-state index in [1.54, 1.807) is 6.92 Å². The van der Waals surface area contributed by atoms with Crippen molar-refractivity contribution in [3.8, 4) is 0 Å². The van der Waals surface area contributed by atoms with Crippen LogP contribution in [0, 0.1) is 11.8 Å². The van der Waals surface area contributed by atoms with E-state index in [1.165, 1.54) is 0 Å². The van der Waals surface area contributed by atoms with Crippen molar-refractivity contribution in [3.05, 3.63) is 11.6 Å². The number of carbonyl (C=O) groups excluding carboxylic acids is 1. The zero-order chi connectivity index (χ0) is 12.8. The zero-order valence-electron chi connectivity index (χ0n) is 10.9. The molecule has 0 bridgehead atoms. The lowest BCUT2D eigenvalue weighted by Crippen LogP contribution is -2.40. The number of hydrogen-bond acceptors (Lipinski definition) is 3. The molecule has 0 radical (unpaired) electrons. The third-order valence-corrected chi connectivity index (χ3v) is 4.65. The second kappa shape index (κ2) is 3.92. The molecule has 0 aliphatic heterocycles. The Morgan fingerprint density at radius 1 is 1.29 bits per heavy atom. The minimum atomic E-state index is -0.792. The molecule has 17 heavy (non-hydrogen) atoms. The van der Waals surface area contributed by atoms with Gasteiger partial charge in [0, 0.05) is 5.92 Å². The van der Waals surface area contributed by atoms with E-state index in [-0.39, 0.29) is 17.6 Å². The molecule has 1 saturated carbocycles. The van der Waals surface area contributed by atoms with Gasteiger partial charge < -0.3 is 10.2 Å². The fourth-order valence-corrected chi connectivity index (χ4v) is 3.39. The maximum absolute atomic E-state index is 11.5. The monoisotopic (exact) mass is 238 g/mol. The van der Waals surface area contributed by atoms with Gasteiger partial charge in [0.25, 0.3) is 0 Å². The van der Waals surface area contributed by atoms with E-state index in [0.717, 1.165) is 12.0 Å². The van der Waals surface area contributed by atoms with Crippen molar-refractivity contribution in [3.63, 3.8) is 0 Å². The Morgan fingerprint density at radius 3 is 2.53 bits per heavy atom. The van der Waals surface area contributed by atoms with Gasteiger partial charge in [-0.2, -0.15) is 0 Å². The molecule has 0 aromatic heterocycles. The Morgan fingerprint density at radius 2 is 1.94 bits per heavy atom. The topological polar surface area (TPSA) is 57.5 Å². The predicted molar refractivity (Wildman–Crippen MR) is 65.5 cm³/mol. The van der Waals surface area contributed by atoms with E-state index in [9.17, 15) is 15.0 Å². The third-order valence-electron chi connectivity index (χ3n) is 4.65. The summed E-state index contributed by atoms with van der Waals surface area (Å²) in [6.45, 7) is 5.21. The molecule has 2 aliphatic carbocycles. The van der Waals surface area contributed by atoms with E-state index >= 15 is 0 Å². The van der Waals surface area contributed by atoms with E-state index in [2.05, 4.69) is 0 Å². The molecule has 0 saturated heterocycles. The molecule has 0 spiro atoms. The van der Waals surface area contributed by atoms with Crippen LogP contribution in [-0.2, 0) is 4.79 Å². The Balaban J connectivity index is 2.40. The lowest BCUT2D eigenvalue weighted by Gasteiger charge is -2.34. The summed E-state index contributed by atoms with van der Waals surface area (Å²) in [6.07, 6.45) is 4.66. The molecule has 96 valence electrons. The second-order valence-electron chi connectivity index (χ2n) is 6.13. The number of rotatable bonds is 1. The first-order valence-electron chi connectivity index (χ1n) is 6.40. The fourth-order valence-electron chi connectivity index (χ4n) is 3.39. The highest BCUT2D eigenvalue weighted by Gasteiger charge is 2.50. The summed E-state index contributed by atoms with van der Waals surface area (Å²) in [6, 6.07) is 0. The molecule has 3 heteroatoms. The summed E-state index contributed by atoms with van der Waals surface area (Å²) < 4.78 is 0. The number of fused-ring (bicyclic) bond motifs is 1. The van der Waals surface area contributed by atoms with Crippen LogP contribution in [0.15, 0.2) is 11.6 Å². The van der Waals surface area contributed by atoms with Gasteiger partial charge in [0.05, 0.1) is 11.2 Å². The number of aliphatic hydroxyl groups is 2. The van der Waals surface area contributed by atoms with Gasteiger partial charge in [0.1, 0.15) is 0 Å². The fraction of sp³-hybridized carbons (Fsp3) is 0.786. The van der Waals surface area contributed by atoms with Crippen molar-refractivity contribution in [1.29, 1.82) is 0 Å². The molecular weight excluding hydrogens is 216 g/mol. The number of allylic oxidation sites excluding steroid dienone is 1. The molecule has 0 aromatic carbocycles. The largest absolute Gasteiger partial charge is 0.390 e. The van der Waals surface area contributed by atoms with Crippen molar-refractivity contribution in [2.75, 3.05) is 0 Å². The van der Waals surface area contributed by atoms with Crippen LogP contribution in [0.4, 0.5) is 0 Å². The smallest absolute Gasteiger partial charge is 0.155 e. The van der Waals surface area contributed by atoms with Gasteiger partial charge in [-0.1, -0.05) is 6.08 Å². The lowest BCUT2D eigenvalue weighted by atomic mass is 9.77. The van der Waals surface area contributed by atoms with Crippen molar-refractivity contribution in [2.45, 2.75) is 57.7 Å². The number of ketones is 1. The average molecular weight is 238 g/mol. The Kier molecular flexibility index (Phi) is 2.95. The van der Waals surface area contributed by atoms with Crippen molar-refractivity contribution >= 4 is 5.78 Å². The van der Waals surface area contributed by atoms with Crippen molar-refractivity contribution in [2.24, 2.45) is 11.8 Å². The Bertz CT molecular complexity index is 366. The summed E-state index contributed by atoms with van der Waals surface area (Å²) in [4.78, 5) is 11.5. The highest BCUT2D eigenvalue weighted by atomic mass is 16.3. The summed E-state index contributed by atoms with van der Waals surface area (Å²) >= 11 is 0. The standard InChI is InChI=1S/C14H22O3/c1-9(15)10-4-6-13(2,16)11-5-7-14(3,17)12(11)8-10/h8,11-12,16-17H,4-7H2,1-3H3/t11-,12+,13-,14-/m1/s1. The molecule has 4 atom stereocenters. The van der Waals surface area contributed by atoms with Crippen LogP contribution in [0.25, 0.3) is 0 Å². The number of carbonyl (C=O) groups is 1. The lowest BCUT2D eigenvalue weighted by molar-refractivity contribution is -0.113. The van der Waals surface area contributed by atoms with Gasteiger partial charge in [-0.25, -0.2) is 0 Å². The Hall–Kier alpha value is -0.670. The van der Waals surface area contributed by atoms with E-state index in [4.69, 9.17) is 0 Å². The maximum Gasteiger partial charge on any atom is 0.155 e. The van der Waals surface area contributed by atoms with Gasteiger partial charge in [0.2, 0.25) is 0 Å². The quantitative estimate of drug-likeness (QED) is 0.732. The first kappa shape index (κ1) is 12.8. The molecular formula is C14H22O3. The normalized spacial score (nSPS) is 46.1.